The summed E-state index contributed by atoms with van der Waals surface area (Å²) in [6, 6.07) is 1.72. The second kappa shape index (κ2) is 11.7. The van der Waals surface area contributed by atoms with Crippen molar-refractivity contribution in [1.82, 2.24) is 15.3 Å². The van der Waals surface area contributed by atoms with E-state index in [1.54, 1.807) is 6.07 Å². The van der Waals surface area contributed by atoms with E-state index in [1.165, 1.54) is 12.4 Å². The van der Waals surface area contributed by atoms with Crippen LogP contribution in [0.3, 0.4) is 0 Å². The smallest absolute Gasteiger partial charge is 0.809 e. The van der Waals surface area contributed by atoms with Gasteiger partial charge in [0.15, 0.2) is 0 Å². The molecule has 0 saturated heterocycles. The summed E-state index contributed by atoms with van der Waals surface area (Å²) in [7, 11) is -10.5. The maximum atomic E-state index is 10.9. The first kappa shape index (κ1) is 25.4. The average Bonchev–Trinajstić information content (AvgIpc) is 2.31. The number of rotatable bonds is 8. The van der Waals surface area contributed by atoms with Crippen molar-refractivity contribution in [2.45, 2.75) is 11.9 Å². The monoisotopic (exact) mass is 371 g/mol. The van der Waals surface area contributed by atoms with Crippen molar-refractivity contribution in [1.29, 1.82) is 0 Å². The van der Waals surface area contributed by atoms with Gasteiger partial charge in [-0.3, -0.25) is 9.88 Å². The van der Waals surface area contributed by atoms with Crippen LogP contribution < -0.4 is 79.0 Å². The van der Waals surface area contributed by atoms with Gasteiger partial charge in [-0.2, -0.15) is 0 Å². The van der Waals surface area contributed by atoms with E-state index in [2.05, 4.69) is 9.97 Å². The van der Waals surface area contributed by atoms with Gasteiger partial charge in [0.1, 0.15) is 5.52 Å². The fraction of sp³-hybridized carbons (Fsp3) is 0.500. The van der Waals surface area contributed by atoms with Crippen LogP contribution in [-0.2, 0) is 9.13 Å². The Morgan fingerprint density at radius 1 is 1.23 bits per heavy atom. The average molecular weight is 371 g/mol. The number of ether oxygens (including phenoxy) is 1. The first-order valence-electron chi connectivity index (χ1n) is 5.41. The Hall–Kier alpha value is 1.14. The standard InChI is InChI=1S/C8H15N3O7P2.2Na/c12-19(13,14)8(20(15,16)17)11-5-2-6-18-7-9-3-1-4-10-7;;/h1,3-4,8,11H,2,5-6H2,(H2,12,13,14)(H2,15,16,17);;/q;2*+1/p-2. The van der Waals surface area contributed by atoms with Gasteiger partial charge >= 0.3 is 72.7 Å². The molecule has 1 aromatic rings. The van der Waals surface area contributed by atoms with E-state index in [-0.39, 0.29) is 84.7 Å². The van der Waals surface area contributed by atoms with Crippen LogP contribution in [0.2, 0.25) is 0 Å². The fourth-order valence-corrected chi connectivity index (χ4v) is 3.44. The third kappa shape index (κ3) is 10.1. The number of nitrogens with zero attached hydrogens (tertiary/aromatic N) is 2. The maximum absolute atomic E-state index is 10.9. The number of nitrogens with one attached hydrogen (secondary N) is 1. The van der Waals surface area contributed by atoms with Crippen molar-refractivity contribution in [2.75, 3.05) is 13.2 Å². The van der Waals surface area contributed by atoms with Gasteiger partial charge < -0.3 is 28.9 Å². The van der Waals surface area contributed by atoms with Crippen LogP contribution in [0.4, 0.5) is 0 Å². The summed E-state index contributed by atoms with van der Waals surface area (Å²) >= 11 is 0. The molecule has 0 spiro atoms. The van der Waals surface area contributed by atoms with Gasteiger partial charge in [-0.15, -0.1) is 0 Å². The summed E-state index contributed by atoms with van der Waals surface area (Å²) < 4.78 is 26.7. The molecule has 0 radical (unpaired) electrons. The molecule has 0 aliphatic rings. The molecule has 0 bridgehead atoms. The van der Waals surface area contributed by atoms with Crippen molar-refractivity contribution in [3.05, 3.63) is 18.5 Å². The molecular formula is C8H13N3Na2O7P2. The molecule has 1 heterocycles. The predicted molar refractivity (Wildman–Crippen MR) is 63.6 cm³/mol. The van der Waals surface area contributed by atoms with Crippen LogP contribution in [0, 0.1) is 0 Å². The minimum atomic E-state index is -5.44. The fourth-order valence-electron chi connectivity index (χ4n) is 1.24. The molecule has 1 aromatic heterocycles. The topological polar surface area (TPSA) is 168 Å². The van der Waals surface area contributed by atoms with E-state index >= 15 is 0 Å². The minimum Gasteiger partial charge on any atom is -0.809 e. The van der Waals surface area contributed by atoms with Crippen LogP contribution in [0.15, 0.2) is 18.5 Å². The Labute approximate surface area is 171 Å². The molecular weight excluding hydrogens is 358 g/mol. The van der Waals surface area contributed by atoms with Crippen molar-refractivity contribution >= 4 is 15.2 Å². The molecule has 22 heavy (non-hydrogen) atoms. The van der Waals surface area contributed by atoms with Crippen LogP contribution in [0.5, 0.6) is 6.01 Å². The second-order valence-corrected chi connectivity index (χ2v) is 7.39. The Bertz CT molecular complexity index is 490. The number of hydrogen-bond acceptors (Lipinski definition) is 8. The van der Waals surface area contributed by atoms with E-state index in [4.69, 9.17) is 14.5 Å². The Kier molecular flexibility index (Phi) is 13.4. The third-order valence-electron chi connectivity index (χ3n) is 2.04. The van der Waals surface area contributed by atoms with Crippen molar-refractivity contribution in [3.8, 4) is 6.01 Å². The van der Waals surface area contributed by atoms with Crippen LogP contribution >= 0.6 is 15.2 Å². The molecule has 114 valence electrons. The zero-order valence-corrected chi connectivity index (χ0v) is 17.9. The van der Waals surface area contributed by atoms with Crippen molar-refractivity contribution in [2.24, 2.45) is 0 Å². The molecule has 3 N–H and O–H groups in total. The molecule has 1 atom stereocenters. The van der Waals surface area contributed by atoms with Gasteiger partial charge in [0.2, 0.25) is 0 Å². The second-order valence-electron chi connectivity index (χ2n) is 3.69. The first-order valence-corrected chi connectivity index (χ1v) is 8.71. The summed E-state index contributed by atoms with van der Waals surface area (Å²) in [6.07, 6.45) is 3.14. The molecule has 1 rings (SSSR count). The van der Waals surface area contributed by atoms with E-state index < -0.39 is 20.7 Å². The van der Waals surface area contributed by atoms with Crippen LogP contribution in [0.1, 0.15) is 6.42 Å². The predicted octanol–water partition coefficient (Wildman–Crippen LogP) is -7.78. The van der Waals surface area contributed by atoms with Crippen LogP contribution in [-0.4, -0.2) is 38.4 Å². The summed E-state index contributed by atoms with van der Waals surface area (Å²) in [6.45, 7) is -0.0377. The quantitative estimate of drug-likeness (QED) is 0.227. The van der Waals surface area contributed by atoms with Gasteiger partial charge in [-0.25, -0.2) is 9.97 Å². The summed E-state index contributed by atoms with van der Waals surface area (Å²) in [5.41, 5.74) is -2.43. The molecule has 10 nitrogen and oxygen atoms in total. The summed E-state index contributed by atoms with van der Waals surface area (Å²) in [5.74, 6) is 0. The van der Waals surface area contributed by atoms with Gasteiger partial charge in [-0.05, 0) is 26.6 Å². The molecule has 0 amide bonds. The van der Waals surface area contributed by atoms with Gasteiger partial charge in [-0.1, -0.05) is 0 Å². The molecule has 1 unspecified atom stereocenters. The van der Waals surface area contributed by atoms with E-state index in [0.29, 0.717) is 0 Å². The molecule has 0 aromatic carbocycles. The van der Waals surface area contributed by atoms with E-state index in [1.807, 2.05) is 5.32 Å². The molecule has 0 fully saturated rings. The maximum Gasteiger partial charge on any atom is 1.00 e. The zero-order chi connectivity index (χ0) is 15.2. The number of hydrogen-bond donors (Lipinski definition) is 3. The zero-order valence-electron chi connectivity index (χ0n) is 12.2. The Morgan fingerprint density at radius 3 is 2.23 bits per heavy atom. The van der Waals surface area contributed by atoms with Gasteiger partial charge in [0, 0.05) is 12.4 Å². The van der Waals surface area contributed by atoms with Gasteiger partial charge in [0.25, 0.3) is 0 Å². The largest absolute Gasteiger partial charge is 1.00 e. The summed E-state index contributed by atoms with van der Waals surface area (Å²) in [4.78, 5) is 46.5. The van der Waals surface area contributed by atoms with Crippen molar-refractivity contribution < 1.29 is 92.6 Å². The van der Waals surface area contributed by atoms with E-state index in [9.17, 15) is 18.9 Å². The first-order chi connectivity index (χ1) is 9.21. The normalized spacial score (nSPS) is 12.7. The molecule has 14 heteroatoms. The van der Waals surface area contributed by atoms with Crippen molar-refractivity contribution in [3.63, 3.8) is 0 Å². The third-order valence-corrected chi connectivity index (χ3v) is 5.39. The van der Waals surface area contributed by atoms with Gasteiger partial charge in [0.05, 0.1) is 6.61 Å². The SMILES string of the molecule is O=P([O-])([O-])C(NCCCOc1ncccn1)P(=O)(O)O.[Na+].[Na+]. The van der Waals surface area contributed by atoms with Crippen LogP contribution in [0.25, 0.3) is 0 Å². The minimum absolute atomic E-state index is 0. The molecule has 0 aliphatic carbocycles. The van der Waals surface area contributed by atoms with E-state index in [0.717, 1.165) is 0 Å². The Balaban J connectivity index is 0. The molecule has 0 saturated carbocycles. The molecule has 0 aliphatic heterocycles. The number of aromatic nitrogens is 2. The summed E-state index contributed by atoms with van der Waals surface area (Å²) in [5, 5.41) is 2.01. The Morgan fingerprint density at radius 2 is 1.77 bits per heavy atom.